The minimum absolute atomic E-state index is 0.0606. The molecule has 2 heterocycles. The van der Waals surface area contributed by atoms with E-state index >= 15 is 0 Å². The highest BCUT2D eigenvalue weighted by Crippen LogP contribution is 2.35. The number of amides is 3. The molecule has 0 spiro atoms. The zero-order valence-electron chi connectivity index (χ0n) is 17.9. The monoisotopic (exact) mass is 457 g/mol. The second kappa shape index (κ2) is 9.11. The molecule has 1 aliphatic heterocycles. The number of hydrogen-bond acceptors (Lipinski definition) is 5. The van der Waals surface area contributed by atoms with Crippen LogP contribution in [0.3, 0.4) is 0 Å². The molecule has 1 saturated heterocycles. The Morgan fingerprint density at radius 3 is 2.18 bits per heavy atom. The van der Waals surface area contributed by atoms with Gasteiger partial charge in [-0.3, -0.25) is 19.3 Å². The Morgan fingerprint density at radius 2 is 1.52 bits per heavy atom. The number of carbonyl (C=O) groups excluding carboxylic acids is 3. The lowest BCUT2D eigenvalue weighted by Crippen LogP contribution is -2.34. The van der Waals surface area contributed by atoms with E-state index in [4.69, 9.17) is 0 Å². The van der Waals surface area contributed by atoms with Gasteiger partial charge < -0.3 is 5.32 Å². The van der Waals surface area contributed by atoms with Crippen LogP contribution in [0.15, 0.2) is 72.1 Å². The normalized spacial score (nSPS) is 19.6. The van der Waals surface area contributed by atoms with Crippen LogP contribution in [-0.4, -0.2) is 34.2 Å². The summed E-state index contributed by atoms with van der Waals surface area (Å²) in [6, 6.07) is 18.3. The fourth-order valence-electron chi connectivity index (χ4n) is 4.41. The first-order valence-corrected chi connectivity index (χ1v) is 11.9. The summed E-state index contributed by atoms with van der Waals surface area (Å²) in [7, 11) is 0. The van der Waals surface area contributed by atoms with E-state index in [1.807, 2.05) is 47.9 Å². The average molecular weight is 458 g/mol. The van der Waals surface area contributed by atoms with E-state index in [0.29, 0.717) is 18.0 Å². The molecule has 1 fully saturated rings. The molecule has 2 atom stereocenters. The third-order valence-electron chi connectivity index (χ3n) is 6.20. The Morgan fingerprint density at radius 1 is 0.909 bits per heavy atom. The molecule has 0 bridgehead atoms. The van der Waals surface area contributed by atoms with Crippen LogP contribution >= 0.6 is 11.3 Å². The summed E-state index contributed by atoms with van der Waals surface area (Å²) in [5, 5.41) is 5.19. The summed E-state index contributed by atoms with van der Waals surface area (Å²) in [6.45, 7) is 0.107. The van der Waals surface area contributed by atoms with Crippen molar-refractivity contribution in [1.29, 1.82) is 0 Å². The fraction of sp³-hybridized carbons (Fsp3) is 0.231. The maximum absolute atomic E-state index is 12.5. The van der Waals surface area contributed by atoms with E-state index in [1.54, 1.807) is 0 Å². The molecular weight excluding hydrogens is 434 g/mol. The van der Waals surface area contributed by atoms with Crippen molar-refractivity contribution in [3.63, 3.8) is 0 Å². The highest BCUT2D eigenvalue weighted by Gasteiger charge is 2.46. The fourth-order valence-corrected chi connectivity index (χ4v) is 5.15. The van der Waals surface area contributed by atoms with Crippen molar-refractivity contribution in [1.82, 2.24) is 9.88 Å². The van der Waals surface area contributed by atoms with Gasteiger partial charge in [0.25, 0.3) is 0 Å². The van der Waals surface area contributed by atoms with Crippen LogP contribution in [0.4, 0.5) is 5.13 Å². The zero-order chi connectivity index (χ0) is 22.8. The summed E-state index contributed by atoms with van der Waals surface area (Å²) in [5.41, 5.74) is 4.04. The quantitative estimate of drug-likeness (QED) is 0.428. The van der Waals surface area contributed by atoms with Gasteiger partial charge in [0.2, 0.25) is 17.7 Å². The van der Waals surface area contributed by atoms with Gasteiger partial charge in [-0.05, 0) is 24.0 Å². The molecule has 33 heavy (non-hydrogen) atoms. The molecule has 0 radical (unpaired) electrons. The summed E-state index contributed by atoms with van der Waals surface area (Å²) < 4.78 is 0. The van der Waals surface area contributed by atoms with Gasteiger partial charge in [-0.1, -0.05) is 66.7 Å². The Balaban J connectivity index is 1.18. The van der Waals surface area contributed by atoms with Crippen molar-refractivity contribution in [2.75, 3.05) is 11.9 Å². The molecule has 1 aliphatic carbocycles. The van der Waals surface area contributed by atoms with Crippen LogP contribution < -0.4 is 5.32 Å². The number of aromatic nitrogens is 1. The minimum Gasteiger partial charge on any atom is -0.302 e. The standard InChI is InChI=1S/C26H23N3O3S/c30-23(14-15-29-24(31)20-8-4-5-9-21(20)25(29)32)28-26-27-22(16-33-26)19-12-10-18(11-13-19)17-6-2-1-3-7-17/h1-7,10-13,16,20-21H,8-9,14-15H2,(H,27,28,30)/t20-,21-/m0/s1. The van der Waals surface area contributed by atoms with E-state index in [2.05, 4.69) is 34.6 Å². The number of hydrogen-bond donors (Lipinski definition) is 1. The third-order valence-corrected chi connectivity index (χ3v) is 6.96. The first-order valence-electron chi connectivity index (χ1n) is 11.0. The van der Waals surface area contributed by atoms with Crippen molar-refractivity contribution < 1.29 is 14.4 Å². The molecule has 2 aliphatic rings. The molecule has 7 heteroatoms. The SMILES string of the molecule is O=C(CCN1C(=O)[C@H]2CC=CC[C@@H]2C1=O)Nc1nc(-c2ccc(-c3ccccc3)cc2)cs1. The van der Waals surface area contributed by atoms with Gasteiger partial charge >= 0.3 is 0 Å². The predicted octanol–water partition coefficient (Wildman–Crippen LogP) is 4.76. The van der Waals surface area contributed by atoms with E-state index < -0.39 is 0 Å². The van der Waals surface area contributed by atoms with Crippen LogP contribution in [0.1, 0.15) is 19.3 Å². The Hall–Kier alpha value is -3.58. The van der Waals surface area contributed by atoms with Crippen molar-refractivity contribution in [2.45, 2.75) is 19.3 Å². The molecule has 166 valence electrons. The number of likely N-dealkylation sites (tertiary alicyclic amines) is 1. The highest BCUT2D eigenvalue weighted by molar-refractivity contribution is 7.14. The van der Waals surface area contributed by atoms with Crippen molar-refractivity contribution in [3.05, 3.63) is 72.1 Å². The number of fused-ring (bicyclic) bond motifs is 1. The average Bonchev–Trinajstić information content (AvgIpc) is 3.41. The van der Waals surface area contributed by atoms with Crippen LogP contribution in [0.2, 0.25) is 0 Å². The van der Waals surface area contributed by atoms with Crippen LogP contribution in [0.5, 0.6) is 0 Å². The smallest absolute Gasteiger partial charge is 0.233 e. The number of anilines is 1. The lowest BCUT2D eigenvalue weighted by molar-refractivity contribution is -0.140. The molecule has 0 unspecified atom stereocenters. The number of thiazole rings is 1. The van der Waals surface area contributed by atoms with E-state index in [0.717, 1.165) is 22.4 Å². The Labute approximate surface area is 196 Å². The second-order valence-corrected chi connectivity index (χ2v) is 9.12. The van der Waals surface area contributed by atoms with Crippen molar-refractivity contribution >= 4 is 34.2 Å². The Kier molecular flexibility index (Phi) is 5.88. The Bertz CT molecular complexity index is 1190. The van der Waals surface area contributed by atoms with E-state index in [1.165, 1.54) is 16.2 Å². The second-order valence-electron chi connectivity index (χ2n) is 8.26. The number of nitrogens with one attached hydrogen (secondary N) is 1. The summed E-state index contributed by atoms with van der Waals surface area (Å²) in [6.07, 6.45) is 5.18. The van der Waals surface area contributed by atoms with E-state index in [9.17, 15) is 14.4 Å². The molecule has 5 rings (SSSR count). The van der Waals surface area contributed by atoms with Gasteiger partial charge in [0, 0.05) is 23.9 Å². The summed E-state index contributed by atoms with van der Waals surface area (Å²) in [5.74, 6) is -1.10. The largest absolute Gasteiger partial charge is 0.302 e. The molecular formula is C26H23N3O3S. The molecule has 3 amide bonds. The number of rotatable bonds is 6. The van der Waals surface area contributed by atoms with Crippen LogP contribution in [0.25, 0.3) is 22.4 Å². The molecule has 6 nitrogen and oxygen atoms in total. The van der Waals surface area contributed by atoms with Gasteiger partial charge in [0.05, 0.1) is 17.5 Å². The van der Waals surface area contributed by atoms with Crippen molar-refractivity contribution in [3.8, 4) is 22.4 Å². The predicted molar refractivity (Wildman–Crippen MR) is 128 cm³/mol. The zero-order valence-corrected chi connectivity index (χ0v) is 18.8. The first kappa shape index (κ1) is 21.3. The minimum atomic E-state index is -0.264. The maximum Gasteiger partial charge on any atom is 0.233 e. The summed E-state index contributed by atoms with van der Waals surface area (Å²) >= 11 is 1.35. The van der Waals surface area contributed by atoms with Gasteiger partial charge in [-0.2, -0.15) is 0 Å². The topological polar surface area (TPSA) is 79.4 Å². The van der Waals surface area contributed by atoms with E-state index in [-0.39, 0.29) is 42.5 Å². The number of allylic oxidation sites excluding steroid dienone is 2. The number of nitrogens with zero attached hydrogens (tertiary/aromatic N) is 2. The number of benzene rings is 2. The highest BCUT2D eigenvalue weighted by atomic mass is 32.1. The lowest BCUT2D eigenvalue weighted by atomic mass is 9.85. The molecule has 1 N–H and O–H groups in total. The summed E-state index contributed by atoms with van der Waals surface area (Å²) in [4.78, 5) is 43.3. The lowest BCUT2D eigenvalue weighted by Gasteiger charge is -2.14. The van der Waals surface area contributed by atoms with Gasteiger partial charge in [-0.15, -0.1) is 11.3 Å². The van der Waals surface area contributed by atoms with Gasteiger partial charge in [0.15, 0.2) is 5.13 Å². The maximum atomic E-state index is 12.5. The third kappa shape index (κ3) is 4.36. The molecule has 1 aromatic heterocycles. The molecule has 2 aromatic carbocycles. The number of carbonyl (C=O) groups is 3. The van der Waals surface area contributed by atoms with Crippen LogP contribution in [0, 0.1) is 11.8 Å². The number of imide groups is 1. The van der Waals surface area contributed by atoms with Crippen molar-refractivity contribution in [2.24, 2.45) is 11.8 Å². The first-order chi connectivity index (χ1) is 16.1. The molecule has 3 aromatic rings. The van der Waals surface area contributed by atoms with Gasteiger partial charge in [0.1, 0.15) is 0 Å². The van der Waals surface area contributed by atoms with Crippen LogP contribution in [-0.2, 0) is 14.4 Å². The molecule has 0 saturated carbocycles. The van der Waals surface area contributed by atoms with Gasteiger partial charge in [-0.25, -0.2) is 4.98 Å².